The zero-order valence-corrected chi connectivity index (χ0v) is 14.9. The number of piperidine rings is 1. The highest BCUT2D eigenvalue weighted by Gasteiger charge is 2.27. The van der Waals surface area contributed by atoms with E-state index in [1.165, 1.54) is 0 Å². The third-order valence-electron chi connectivity index (χ3n) is 4.31. The molecule has 6 heteroatoms. The van der Waals surface area contributed by atoms with Crippen molar-refractivity contribution in [1.82, 2.24) is 4.90 Å². The van der Waals surface area contributed by atoms with Gasteiger partial charge < -0.3 is 4.90 Å². The number of rotatable bonds is 5. The molecule has 1 fully saturated rings. The van der Waals surface area contributed by atoms with E-state index in [9.17, 15) is 13.2 Å². The van der Waals surface area contributed by atoms with E-state index >= 15 is 0 Å². The van der Waals surface area contributed by atoms with Crippen molar-refractivity contribution in [2.75, 3.05) is 23.6 Å². The molecule has 0 aliphatic carbocycles. The molecule has 1 aliphatic heterocycles. The first kappa shape index (κ1) is 17.8. The van der Waals surface area contributed by atoms with E-state index in [0.29, 0.717) is 11.6 Å². The fraction of sp³-hybridized carbons (Fsp3) is 0.588. The number of hydrogen-bond acceptors (Lipinski definition) is 3. The highest BCUT2D eigenvalue weighted by Crippen LogP contribution is 2.19. The summed E-state index contributed by atoms with van der Waals surface area (Å²) >= 11 is 0. The van der Waals surface area contributed by atoms with E-state index in [1.54, 1.807) is 24.0 Å². The van der Waals surface area contributed by atoms with Gasteiger partial charge in [0.2, 0.25) is 15.9 Å². The van der Waals surface area contributed by atoms with Gasteiger partial charge in [0.25, 0.3) is 0 Å². The summed E-state index contributed by atoms with van der Waals surface area (Å²) < 4.78 is 27.0. The summed E-state index contributed by atoms with van der Waals surface area (Å²) in [7, 11) is -3.54. The summed E-state index contributed by atoms with van der Waals surface area (Å²) in [6, 6.07) is 7.15. The Kier molecular flexibility index (Phi) is 5.68. The van der Waals surface area contributed by atoms with Crippen molar-refractivity contribution in [2.45, 2.75) is 33.6 Å². The molecule has 1 aliphatic rings. The minimum atomic E-state index is -3.54. The van der Waals surface area contributed by atoms with Crippen molar-refractivity contribution < 1.29 is 13.2 Å². The van der Waals surface area contributed by atoms with Gasteiger partial charge in [-0.25, -0.2) is 8.42 Å². The van der Waals surface area contributed by atoms with Crippen molar-refractivity contribution >= 4 is 21.6 Å². The maximum Gasteiger partial charge on any atom is 0.233 e. The van der Waals surface area contributed by atoms with Gasteiger partial charge in [-0.2, -0.15) is 0 Å². The molecular formula is C17H26N2O3S. The maximum atomic E-state index is 12.4. The Balaban J connectivity index is 1.93. The first-order chi connectivity index (χ1) is 10.8. The number of likely N-dealkylation sites (tertiary alicyclic amines) is 1. The second-order valence-corrected chi connectivity index (χ2v) is 8.43. The number of hydrogen-bond donors (Lipinski definition) is 1. The maximum absolute atomic E-state index is 12.4. The van der Waals surface area contributed by atoms with Gasteiger partial charge in [0.1, 0.15) is 0 Å². The Morgan fingerprint density at radius 1 is 1.26 bits per heavy atom. The molecule has 1 heterocycles. The van der Waals surface area contributed by atoms with Gasteiger partial charge >= 0.3 is 0 Å². The summed E-state index contributed by atoms with van der Waals surface area (Å²) in [5.41, 5.74) is 1.60. The molecule has 23 heavy (non-hydrogen) atoms. The lowest BCUT2D eigenvalue weighted by molar-refractivity contribution is -0.135. The van der Waals surface area contributed by atoms with Gasteiger partial charge in [0.15, 0.2) is 0 Å². The van der Waals surface area contributed by atoms with Crippen molar-refractivity contribution in [3.05, 3.63) is 29.8 Å². The van der Waals surface area contributed by atoms with E-state index in [-0.39, 0.29) is 11.7 Å². The molecule has 128 valence electrons. The molecule has 2 rings (SSSR count). The summed E-state index contributed by atoms with van der Waals surface area (Å²) in [6.45, 7) is 7.28. The fourth-order valence-electron chi connectivity index (χ4n) is 2.78. The first-order valence-electron chi connectivity index (χ1n) is 8.13. The van der Waals surface area contributed by atoms with E-state index in [4.69, 9.17) is 0 Å². The topological polar surface area (TPSA) is 66.5 Å². The monoisotopic (exact) mass is 338 g/mol. The van der Waals surface area contributed by atoms with Crippen LogP contribution in [0, 0.1) is 18.8 Å². The van der Waals surface area contributed by atoms with E-state index in [1.807, 2.05) is 19.1 Å². The number of benzene rings is 1. The number of nitrogens with zero attached hydrogens (tertiary/aromatic N) is 1. The van der Waals surface area contributed by atoms with Crippen molar-refractivity contribution in [3.8, 4) is 0 Å². The van der Waals surface area contributed by atoms with Crippen LogP contribution in [0.2, 0.25) is 0 Å². The summed E-state index contributed by atoms with van der Waals surface area (Å²) in [4.78, 5) is 14.2. The number of aryl methyl sites for hydroxylation is 1. The average molecular weight is 338 g/mol. The molecule has 1 atom stereocenters. The highest BCUT2D eigenvalue weighted by molar-refractivity contribution is 7.92. The van der Waals surface area contributed by atoms with Crippen LogP contribution in [0.25, 0.3) is 0 Å². The normalized spacial score (nSPS) is 17.8. The van der Waals surface area contributed by atoms with E-state index in [0.717, 1.165) is 31.5 Å². The molecule has 1 aromatic rings. The quantitative estimate of drug-likeness (QED) is 0.897. The van der Waals surface area contributed by atoms with Gasteiger partial charge in [0, 0.05) is 18.8 Å². The van der Waals surface area contributed by atoms with Crippen LogP contribution in [0.3, 0.4) is 0 Å². The van der Waals surface area contributed by atoms with Crippen molar-refractivity contribution in [1.29, 1.82) is 0 Å². The Labute approximate surface area is 139 Å². The van der Waals surface area contributed by atoms with Gasteiger partial charge in [-0.05, 0) is 37.8 Å². The fourth-order valence-corrected chi connectivity index (χ4v) is 4.16. The number of nitrogens with one attached hydrogen (secondary N) is 1. The van der Waals surface area contributed by atoms with Crippen LogP contribution in [0.4, 0.5) is 5.69 Å². The molecule has 0 spiro atoms. The third kappa shape index (κ3) is 5.23. The Morgan fingerprint density at radius 3 is 2.39 bits per heavy atom. The predicted octanol–water partition coefficient (Wildman–Crippen LogP) is 2.63. The molecule has 0 radical (unpaired) electrons. The van der Waals surface area contributed by atoms with Crippen LogP contribution in [0.1, 0.15) is 32.3 Å². The molecule has 1 aromatic carbocycles. The second kappa shape index (κ2) is 7.34. The number of amides is 1. The predicted molar refractivity (Wildman–Crippen MR) is 92.7 cm³/mol. The van der Waals surface area contributed by atoms with Crippen LogP contribution < -0.4 is 4.72 Å². The molecule has 1 unspecified atom stereocenters. The molecule has 1 amide bonds. The average Bonchev–Trinajstić information content (AvgIpc) is 2.49. The lowest BCUT2D eigenvalue weighted by Crippen LogP contribution is -2.42. The summed E-state index contributed by atoms with van der Waals surface area (Å²) in [5, 5.41) is 0. The van der Waals surface area contributed by atoms with Crippen LogP contribution in [-0.4, -0.2) is 38.1 Å². The van der Waals surface area contributed by atoms with Crippen LogP contribution in [0.5, 0.6) is 0 Å². The lowest BCUT2D eigenvalue weighted by Gasteiger charge is -2.32. The molecule has 1 saturated heterocycles. The molecule has 1 N–H and O–H groups in total. The third-order valence-corrected chi connectivity index (χ3v) is 5.80. The summed E-state index contributed by atoms with van der Waals surface area (Å²) in [5.74, 6) is -0.148. The largest absolute Gasteiger partial charge is 0.342 e. The molecular weight excluding hydrogens is 312 g/mol. The van der Waals surface area contributed by atoms with Gasteiger partial charge in [-0.15, -0.1) is 0 Å². The van der Waals surface area contributed by atoms with Crippen LogP contribution in [-0.2, 0) is 14.8 Å². The van der Waals surface area contributed by atoms with Gasteiger partial charge in [-0.1, -0.05) is 31.5 Å². The number of sulfonamides is 1. The molecule has 5 nitrogen and oxygen atoms in total. The first-order valence-corrected chi connectivity index (χ1v) is 9.78. The van der Waals surface area contributed by atoms with Crippen molar-refractivity contribution in [3.63, 3.8) is 0 Å². The lowest BCUT2D eigenvalue weighted by atomic mass is 9.98. The van der Waals surface area contributed by atoms with Gasteiger partial charge in [-0.3, -0.25) is 9.52 Å². The SMILES string of the molecule is Cc1ccc(NS(=O)(=O)CC(C)C(=O)N2CCC(C)CC2)cc1. The van der Waals surface area contributed by atoms with Crippen LogP contribution >= 0.6 is 0 Å². The zero-order valence-electron chi connectivity index (χ0n) is 14.1. The Morgan fingerprint density at radius 2 is 1.83 bits per heavy atom. The zero-order chi connectivity index (χ0) is 17.0. The number of carbonyl (C=O) groups excluding carboxylic acids is 1. The minimum Gasteiger partial charge on any atom is -0.342 e. The van der Waals surface area contributed by atoms with E-state index in [2.05, 4.69) is 11.6 Å². The molecule has 0 aromatic heterocycles. The second-order valence-electron chi connectivity index (χ2n) is 6.66. The van der Waals surface area contributed by atoms with Gasteiger partial charge in [0.05, 0.1) is 11.7 Å². The minimum absolute atomic E-state index is 0.0637. The standard InChI is InChI=1S/C17H26N2O3S/c1-13-4-6-16(7-5-13)18-23(21,22)12-15(3)17(20)19-10-8-14(2)9-11-19/h4-7,14-15,18H,8-12H2,1-3H3. The smallest absolute Gasteiger partial charge is 0.233 e. The summed E-state index contributed by atoms with van der Waals surface area (Å²) in [6.07, 6.45) is 1.99. The highest BCUT2D eigenvalue weighted by atomic mass is 32.2. The molecule has 0 bridgehead atoms. The van der Waals surface area contributed by atoms with E-state index < -0.39 is 15.9 Å². The molecule has 0 saturated carbocycles. The Bertz CT molecular complexity index is 632. The Hall–Kier alpha value is -1.56. The number of carbonyl (C=O) groups is 1. The van der Waals surface area contributed by atoms with Crippen LogP contribution in [0.15, 0.2) is 24.3 Å². The number of anilines is 1. The van der Waals surface area contributed by atoms with Crippen molar-refractivity contribution in [2.24, 2.45) is 11.8 Å².